The van der Waals surface area contributed by atoms with E-state index < -0.39 is 34.3 Å². The molecule has 1 atom stereocenters. The molecule has 1 amide bonds. The summed E-state index contributed by atoms with van der Waals surface area (Å²) in [5.41, 5.74) is 0.184. The first-order valence-corrected chi connectivity index (χ1v) is 11.6. The van der Waals surface area contributed by atoms with Crippen LogP contribution in [0.3, 0.4) is 0 Å². The normalized spacial score (nSPS) is 15.9. The smallest absolute Gasteiger partial charge is 0.310 e. The fourth-order valence-electron chi connectivity index (χ4n) is 3.87. The Balaban J connectivity index is 1.82. The van der Waals surface area contributed by atoms with E-state index in [1.165, 1.54) is 0 Å². The number of carbonyl (C=O) groups excluding carboxylic acids is 1. The van der Waals surface area contributed by atoms with Crippen LogP contribution >= 0.6 is 11.6 Å². The number of nitrogens with zero attached hydrogens (tertiary/aromatic N) is 1. The number of hydrogen-bond donors (Lipinski definition) is 2. The lowest BCUT2D eigenvalue weighted by Crippen LogP contribution is -2.24. The monoisotopic (exact) mass is 474 g/mol. The first kappa shape index (κ1) is 23.5. The molecule has 0 aliphatic heterocycles. The number of carbonyl (C=O) groups is 1. The zero-order chi connectivity index (χ0) is 22.6. The standard InChI is InChI=1S/C21H22ClF3N2O3S/c22-18-10-14(5-6-15(18)12-31(29)30)17(9-13-3-1-2-4-13)20(28)27-19-8-7-16(11-26-19)21(23,24)25/h5-8,10-11,13,17,31H,1-4,9,12H2,(H,26,27,28). The highest BCUT2D eigenvalue weighted by molar-refractivity contribution is 7.71. The summed E-state index contributed by atoms with van der Waals surface area (Å²) >= 11 is 6.24. The molecule has 1 heterocycles. The van der Waals surface area contributed by atoms with Crippen LogP contribution in [0.15, 0.2) is 36.5 Å². The van der Waals surface area contributed by atoms with Crippen molar-refractivity contribution in [3.8, 4) is 0 Å². The second-order valence-electron chi connectivity index (χ2n) is 7.70. The fourth-order valence-corrected chi connectivity index (χ4v) is 4.77. The molecule has 1 fully saturated rings. The number of nitrogens with one attached hydrogen (secondary N) is 1. The number of alkyl halides is 3. The molecule has 0 saturated heterocycles. The Bertz CT molecular complexity index is 996. The van der Waals surface area contributed by atoms with Crippen LogP contribution in [-0.4, -0.2) is 19.3 Å². The quantitative estimate of drug-likeness (QED) is 0.543. The lowest BCUT2D eigenvalue weighted by Gasteiger charge is -2.21. The van der Waals surface area contributed by atoms with Crippen molar-refractivity contribution in [2.24, 2.45) is 5.92 Å². The van der Waals surface area contributed by atoms with Crippen LogP contribution < -0.4 is 5.32 Å². The van der Waals surface area contributed by atoms with Gasteiger partial charge < -0.3 is 5.32 Å². The Morgan fingerprint density at radius 3 is 2.45 bits per heavy atom. The summed E-state index contributed by atoms with van der Waals surface area (Å²) in [6.45, 7) is 0. The first-order valence-electron chi connectivity index (χ1n) is 9.87. The third-order valence-electron chi connectivity index (χ3n) is 5.48. The van der Waals surface area contributed by atoms with Gasteiger partial charge in [0, 0.05) is 11.2 Å². The SMILES string of the molecule is O=C(Nc1ccc(C(F)(F)F)cn1)C(CC1CCCC1)c1ccc(C[SH](=O)=O)c(Cl)c1. The lowest BCUT2D eigenvalue weighted by atomic mass is 9.87. The number of thiol groups is 1. The molecule has 10 heteroatoms. The van der Waals surface area contributed by atoms with Gasteiger partial charge in [0.1, 0.15) is 16.5 Å². The zero-order valence-electron chi connectivity index (χ0n) is 16.5. The van der Waals surface area contributed by atoms with Crippen LogP contribution in [0.25, 0.3) is 0 Å². The largest absolute Gasteiger partial charge is 0.417 e. The minimum absolute atomic E-state index is 0.0282. The van der Waals surface area contributed by atoms with Gasteiger partial charge >= 0.3 is 6.18 Å². The number of pyridine rings is 1. The molecule has 1 unspecified atom stereocenters. The lowest BCUT2D eigenvalue weighted by molar-refractivity contribution is -0.137. The molecule has 1 aromatic heterocycles. The molecule has 0 spiro atoms. The van der Waals surface area contributed by atoms with E-state index in [1.54, 1.807) is 18.2 Å². The van der Waals surface area contributed by atoms with Crippen molar-refractivity contribution in [2.75, 3.05) is 5.32 Å². The van der Waals surface area contributed by atoms with E-state index in [-0.39, 0.29) is 16.6 Å². The van der Waals surface area contributed by atoms with Crippen molar-refractivity contribution in [3.05, 3.63) is 58.2 Å². The summed E-state index contributed by atoms with van der Waals surface area (Å²) in [5.74, 6) is -0.785. The number of hydrogen-bond acceptors (Lipinski definition) is 4. The van der Waals surface area contributed by atoms with E-state index in [9.17, 15) is 26.4 Å². The third-order valence-corrected chi connectivity index (χ3v) is 6.43. The molecule has 2 aromatic rings. The molecule has 1 N–H and O–H groups in total. The molecular formula is C21H22ClF3N2O3S. The van der Waals surface area contributed by atoms with Crippen molar-refractivity contribution in [3.63, 3.8) is 0 Å². The molecule has 31 heavy (non-hydrogen) atoms. The predicted octanol–water partition coefficient (Wildman–Crippen LogP) is 5.17. The highest BCUT2D eigenvalue weighted by atomic mass is 35.5. The van der Waals surface area contributed by atoms with E-state index in [0.29, 0.717) is 29.7 Å². The van der Waals surface area contributed by atoms with Crippen LogP contribution in [0.5, 0.6) is 0 Å². The first-order chi connectivity index (χ1) is 14.6. The van der Waals surface area contributed by atoms with Crippen LogP contribution in [0.2, 0.25) is 5.02 Å². The van der Waals surface area contributed by atoms with Crippen molar-refractivity contribution >= 4 is 34.0 Å². The van der Waals surface area contributed by atoms with Crippen LogP contribution in [0.1, 0.15) is 54.7 Å². The summed E-state index contributed by atoms with van der Waals surface area (Å²) in [7, 11) is -2.64. The molecule has 1 saturated carbocycles. The molecule has 1 aromatic carbocycles. The van der Waals surface area contributed by atoms with Crippen LogP contribution in [0, 0.1) is 5.92 Å². The van der Waals surface area contributed by atoms with E-state index in [4.69, 9.17) is 11.6 Å². The Kier molecular flexibility index (Phi) is 7.59. The van der Waals surface area contributed by atoms with E-state index in [1.807, 2.05) is 0 Å². The maximum atomic E-state index is 13.0. The number of amides is 1. The van der Waals surface area contributed by atoms with Crippen LogP contribution in [-0.2, 0) is 27.4 Å². The molecule has 0 radical (unpaired) electrons. The van der Waals surface area contributed by atoms with Gasteiger partial charge in [-0.2, -0.15) is 13.2 Å². The van der Waals surface area contributed by atoms with E-state index in [2.05, 4.69) is 10.3 Å². The highest BCUT2D eigenvalue weighted by Crippen LogP contribution is 2.36. The maximum absolute atomic E-state index is 13.0. The van der Waals surface area contributed by atoms with Gasteiger partial charge in [-0.1, -0.05) is 49.4 Å². The summed E-state index contributed by atoms with van der Waals surface area (Å²) in [6.07, 6.45) is 0.934. The van der Waals surface area contributed by atoms with Gasteiger partial charge in [-0.3, -0.25) is 4.79 Å². The predicted molar refractivity (Wildman–Crippen MR) is 113 cm³/mol. The van der Waals surface area contributed by atoms with Gasteiger partial charge in [-0.05, 0) is 41.7 Å². The summed E-state index contributed by atoms with van der Waals surface area (Å²) < 4.78 is 60.2. The van der Waals surface area contributed by atoms with Crippen molar-refractivity contribution in [2.45, 2.75) is 50.0 Å². The topological polar surface area (TPSA) is 76.1 Å². The van der Waals surface area contributed by atoms with Crippen LogP contribution in [0.4, 0.5) is 19.0 Å². The van der Waals surface area contributed by atoms with Crippen molar-refractivity contribution < 1.29 is 26.4 Å². The van der Waals surface area contributed by atoms with Gasteiger partial charge in [0.05, 0.1) is 17.2 Å². The molecule has 1 aliphatic rings. The number of rotatable bonds is 7. The average Bonchev–Trinajstić information content (AvgIpc) is 3.20. The second-order valence-corrected chi connectivity index (χ2v) is 9.09. The summed E-state index contributed by atoms with van der Waals surface area (Å²) in [5, 5.41) is 2.86. The highest BCUT2D eigenvalue weighted by Gasteiger charge is 2.31. The third kappa shape index (κ3) is 6.43. The molecule has 1 aliphatic carbocycles. The fraction of sp³-hybridized carbons (Fsp3) is 0.429. The van der Waals surface area contributed by atoms with Crippen molar-refractivity contribution in [1.82, 2.24) is 4.98 Å². The minimum Gasteiger partial charge on any atom is -0.310 e. The van der Waals surface area contributed by atoms with Gasteiger partial charge in [0.25, 0.3) is 0 Å². The van der Waals surface area contributed by atoms with E-state index in [0.717, 1.165) is 37.8 Å². The summed E-state index contributed by atoms with van der Waals surface area (Å²) in [6, 6.07) is 6.85. The number of aromatic nitrogens is 1. The minimum atomic E-state index is -4.51. The molecular weight excluding hydrogens is 453 g/mol. The van der Waals surface area contributed by atoms with Gasteiger partial charge in [0.2, 0.25) is 5.91 Å². The Morgan fingerprint density at radius 1 is 1.19 bits per heavy atom. The second kappa shape index (κ2) is 9.99. The number of anilines is 1. The van der Waals surface area contributed by atoms with Gasteiger partial charge in [0.15, 0.2) is 0 Å². The number of benzene rings is 1. The molecule has 0 bridgehead atoms. The zero-order valence-corrected chi connectivity index (χ0v) is 18.1. The Morgan fingerprint density at radius 2 is 1.90 bits per heavy atom. The average molecular weight is 475 g/mol. The molecule has 5 nitrogen and oxygen atoms in total. The molecule has 3 rings (SSSR count). The summed E-state index contributed by atoms with van der Waals surface area (Å²) in [4.78, 5) is 16.8. The van der Waals surface area contributed by atoms with E-state index >= 15 is 0 Å². The van der Waals surface area contributed by atoms with Crippen molar-refractivity contribution in [1.29, 1.82) is 0 Å². The van der Waals surface area contributed by atoms with Gasteiger partial charge in [-0.15, -0.1) is 0 Å². The Labute approximate surface area is 185 Å². The van der Waals surface area contributed by atoms with Gasteiger partial charge in [-0.25, -0.2) is 13.4 Å². The number of halogens is 4. The maximum Gasteiger partial charge on any atom is 0.417 e. The molecule has 168 valence electrons. The Hall–Kier alpha value is -2.13.